The Balaban J connectivity index is 2.88. The van der Waals surface area contributed by atoms with E-state index >= 15 is 0 Å². The van der Waals surface area contributed by atoms with Crippen molar-refractivity contribution in [3.63, 3.8) is 0 Å². The lowest BCUT2D eigenvalue weighted by atomic mass is 10.3. The molecule has 2 rings (SSSR count). The fourth-order valence-electron chi connectivity index (χ4n) is 1.01. The van der Waals surface area contributed by atoms with Crippen LogP contribution in [0.15, 0.2) is 18.2 Å². The molecular formula is C8H3ClI2S. The summed E-state index contributed by atoms with van der Waals surface area (Å²) in [4.78, 5) is 0. The lowest BCUT2D eigenvalue weighted by molar-refractivity contribution is 1.81. The predicted octanol–water partition coefficient (Wildman–Crippen LogP) is 4.76. The Labute approximate surface area is 107 Å². The highest BCUT2D eigenvalue weighted by molar-refractivity contribution is 14.1. The summed E-state index contributed by atoms with van der Waals surface area (Å²) in [5.74, 6) is 0. The van der Waals surface area contributed by atoms with Gasteiger partial charge in [-0.25, -0.2) is 0 Å². The van der Waals surface area contributed by atoms with E-state index in [9.17, 15) is 0 Å². The van der Waals surface area contributed by atoms with Crippen LogP contribution in [0.4, 0.5) is 0 Å². The summed E-state index contributed by atoms with van der Waals surface area (Å²) in [5, 5.41) is 2.09. The second-order valence-electron chi connectivity index (χ2n) is 2.33. The van der Waals surface area contributed by atoms with Crippen LogP contribution in [0.25, 0.3) is 10.1 Å². The normalized spacial score (nSPS) is 10.9. The Morgan fingerprint density at radius 2 is 2.00 bits per heavy atom. The smallest absolute Gasteiger partial charge is 0.0799 e. The van der Waals surface area contributed by atoms with Crippen molar-refractivity contribution in [1.29, 1.82) is 0 Å². The molecule has 0 spiro atoms. The van der Waals surface area contributed by atoms with Crippen LogP contribution < -0.4 is 0 Å². The van der Waals surface area contributed by atoms with Gasteiger partial charge in [0.1, 0.15) is 0 Å². The molecule has 0 aliphatic rings. The number of hydrogen-bond donors (Lipinski definition) is 0. The molecule has 2 aromatic rings. The first-order valence-electron chi connectivity index (χ1n) is 3.21. The van der Waals surface area contributed by atoms with Crippen LogP contribution in [-0.2, 0) is 0 Å². The maximum absolute atomic E-state index is 5.90. The fraction of sp³-hybridized carbons (Fsp3) is 0. The molecule has 0 N–H and O–H groups in total. The van der Waals surface area contributed by atoms with E-state index in [1.165, 1.54) is 16.5 Å². The molecule has 1 aromatic heterocycles. The van der Waals surface area contributed by atoms with Gasteiger partial charge in [0, 0.05) is 18.7 Å². The third-order valence-electron chi connectivity index (χ3n) is 1.55. The first-order valence-corrected chi connectivity index (χ1v) is 6.57. The third kappa shape index (κ3) is 1.60. The van der Waals surface area contributed by atoms with Crippen molar-refractivity contribution in [2.75, 3.05) is 0 Å². The van der Waals surface area contributed by atoms with Gasteiger partial charge in [-0.1, -0.05) is 11.6 Å². The van der Waals surface area contributed by atoms with Gasteiger partial charge in [-0.3, -0.25) is 0 Å². The number of hydrogen-bond acceptors (Lipinski definition) is 1. The van der Waals surface area contributed by atoms with Crippen molar-refractivity contribution >= 4 is 78.2 Å². The highest BCUT2D eigenvalue weighted by Crippen LogP contribution is 2.34. The topological polar surface area (TPSA) is 0 Å². The Kier molecular flexibility index (Phi) is 2.84. The summed E-state index contributed by atoms with van der Waals surface area (Å²) in [5.41, 5.74) is 0. The van der Waals surface area contributed by atoms with Gasteiger partial charge in [-0.05, 0) is 63.4 Å². The highest BCUT2D eigenvalue weighted by Gasteiger charge is 2.06. The van der Waals surface area contributed by atoms with Gasteiger partial charge >= 0.3 is 0 Å². The zero-order chi connectivity index (χ0) is 8.72. The van der Waals surface area contributed by atoms with E-state index in [1.807, 2.05) is 23.5 Å². The van der Waals surface area contributed by atoms with Crippen molar-refractivity contribution < 1.29 is 0 Å². The minimum Gasteiger partial charge on any atom is -0.128 e. The molecule has 0 amide bonds. The summed E-state index contributed by atoms with van der Waals surface area (Å²) in [6, 6.07) is 6.04. The molecule has 0 aliphatic carbocycles. The average molecular weight is 420 g/mol. The Hall–Kier alpha value is 0.930. The van der Waals surface area contributed by atoms with Gasteiger partial charge in [0.15, 0.2) is 0 Å². The Morgan fingerprint density at radius 1 is 1.25 bits per heavy atom. The summed E-state index contributed by atoms with van der Waals surface area (Å²) in [7, 11) is 0. The molecule has 0 aliphatic heterocycles. The molecule has 0 radical (unpaired) electrons. The van der Waals surface area contributed by atoms with Crippen LogP contribution in [0.2, 0.25) is 5.02 Å². The Bertz CT molecular complexity index is 436. The van der Waals surface area contributed by atoms with E-state index in [1.54, 1.807) is 0 Å². The predicted molar refractivity (Wildman–Crippen MR) is 72.3 cm³/mol. The Morgan fingerprint density at radius 3 is 2.75 bits per heavy atom. The van der Waals surface area contributed by atoms with E-state index in [2.05, 4.69) is 51.2 Å². The van der Waals surface area contributed by atoms with Crippen molar-refractivity contribution in [2.24, 2.45) is 0 Å². The highest BCUT2D eigenvalue weighted by atomic mass is 127. The summed E-state index contributed by atoms with van der Waals surface area (Å²) in [6.07, 6.45) is 0. The van der Waals surface area contributed by atoms with Gasteiger partial charge in [0.05, 0.1) is 2.88 Å². The largest absolute Gasteiger partial charge is 0.128 e. The van der Waals surface area contributed by atoms with Crippen LogP contribution in [0.3, 0.4) is 0 Å². The van der Waals surface area contributed by atoms with Crippen LogP contribution >= 0.6 is 68.1 Å². The van der Waals surface area contributed by atoms with Gasteiger partial charge in [0.25, 0.3) is 0 Å². The summed E-state index contributed by atoms with van der Waals surface area (Å²) < 4.78 is 3.97. The first-order chi connectivity index (χ1) is 5.68. The number of thiophene rings is 1. The van der Waals surface area contributed by atoms with Gasteiger partial charge < -0.3 is 0 Å². The maximum Gasteiger partial charge on any atom is 0.0799 e. The van der Waals surface area contributed by atoms with E-state index in [0.29, 0.717) is 0 Å². The second kappa shape index (κ2) is 3.59. The summed E-state index contributed by atoms with van der Waals surface area (Å²) >= 11 is 12.4. The maximum atomic E-state index is 5.90. The van der Waals surface area contributed by atoms with Crippen molar-refractivity contribution in [1.82, 2.24) is 0 Å². The average Bonchev–Trinajstić information content (AvgIpc) is 2.31. The van der Waals surface area contributed by atoms with Crippen molar-refractivity contribution in [3.05, 3.63) is 29.7 Å². The third-order valence-corrected chi connectivity index (χ3v) is 6.46. The van der Waals surface area contributed by atoms with E-state index in [0.717, 1.165) is 5.02 Å². The van der Waals surface area contributed by atoms with Crippen LogP contribution in [0, 0.1) is 6.45 Å². The molecule has 12 heavy (non-hydrogen) atoms. The minimum absolute atomic E-state index is 0.814. The lowest BCUT2D eigenvalue weighted by Gasteiger charge is -1.90. The monoisotopic (exact) mass is 420 g/mol. The van der Waals surface area contributed by atoms with Crippen molar-refractivity contribution in [2.45, 2.75) is 0 Å². The molecule has 0 atom stereocenters. The molecular weight excluding hydrogens is 417 g/mol. The van der Waals surface area contributed by atoms with Gasteiger partial charge in [0.2, 0.25) is 0 Å². The summed E-state index contributed by atoms with van der Waals surface area (Å²) in [6.45, 7) is 0. The zero-order valence-electron chi connectivity index (χ0n) is 5.77. The molecule has 1 heterocycles. The molecule has 0 fully saturated rings. The van der Waals surface area contributed by atoms with Gasteiger partial charge in [-0.15, -0.1) is 11.3 Å². The second-order valence-corrected chi connectivity index (χ2v) is 6.71. The zero-order valence-corrected chi connectivity index (χ0v) is 11.7. The van der Waals surface area contributed by atoms with E-state index in [-0.39, 0.29) is 0 Å². The van der Waals surface area contributed by atoms with Gasteiger partial charge in [-0.2, -0.15) is 0 Å². The number of halogens is 3. The molecule has 0 saturated carbocycles. The minimum atomic E-state index is 0.814. The molecule has 0 saturated heterocycles. The number of rotatable bonds is 0. The van der Waals surface area contributed by atoms with Crippen LogP contribution in [-0.4, -0.2) is 0 Å². The quantitative estimate of drug-likeness (QED) is 0.539. The number of fused-ring (bicyclic) bond motifs is 1. The van der Waals surface area contributed by atoms with Crippen LogP contribution in [0.1, 0.15) is 0 Å². The molecule has 4 heteroatoms. The lowest BCUT2D eigenvalue weighted by Crippen LogP contribution is -1.68. The van der Waals surface area contributed by atoms with E-state index in [4.69, 9.17) is 11.6 Å². The molecule has 0 bridgehead atoms. The molecule has 62 valence electrons. The molecule has 0 unspecified atom stereocenters. The SMILES string of the molecule is Clc1ccc2sc(I)c(I)c2c1. The number of benzene rings is 1. The standard InChI is InChI=1S/C8H3ClI2S/c9-4-1-2-6-5(3-4)7(10)8(11)12-6/h1-3H. The van der Waals surface area contributed by atoms with Crippen LogP contribution in [0.5, 0.6) is 0 Å². The molecule has 0 nitrogen and oxygen atoms in total. The van der Waals surface area contributed by atoms with E-state index < -0.39 is 0 Å². The first kappa shape index (κ1) is 9.48. The fourth-order valence-corrected chi connectivity index (χ4v) is 3.94. The van der Waals surface area contributed by atoms with Crippen molar-refractivity contribution in [3.8, 4) is 0 Å². The molecule has 1 aromatic carbocycles.